The number of sulfonamides is 1. The zero-order valence-corrected chi connectivity index (χ0v) is 12.0. The molecule has 0 saturated heterocycles. The summed E-state index contributed by atoms with van der Waals surface area (Å²) < 4.78 is 26.5. The third-order valence-corrected chi connectivity index (χ3v) is 3.60. The maximum Gasteiger partial charge on any atom is 0.229 e. The molecule has 6 nitrogen and oxygen atoms in total. The monoisotopic (exact) mass is 303 g/mol. The average Bonchev–Trinajstić information content (AvgIpc) is 2.83. The van der Waals surface area contributed by atoms with Gasteiger partial charge in [-0.1, -0.05) is 6.07 Å². The molecule has 0 aliphatic heterocycles. The summed E-state index contributed by atoms with van der Waals surface area (Å²) in [5.74, 6) is 0.142. The molecule has 0 fully saturated rings. The van der Waals surface area contributed by atoms with Crippen LogP contribution in [0.25, 0.3) is 16.7 Å². The van der Waals surface area contributed by atoms with Crippen molar-refractivity contribution in [2.75, 3.05) is 11.0 Å². The topological polar surface area (TPSA) is 84.2 Å². The lowest BCUT2D eigenvalue weighted by Gasteiger charge is -2.08. The third kappa shape index (κ3) is 2.68. The van der Waals surface area contributed by atoms with Crippen LogP contribution in [-0.4, -0.2) is 29.3 Å². The second kappa shape index (κ2) is 4.78. The standard InChI is InChI=1S/C14H13N3O3S/c1-21(19,20)16-10-5-7-11(8-6-10)17-9-15-12-3-2-4-13(18)14(12)17/h2-9,16,18H,1H3. The lowest BCUT2D eigenvalue weighted by molar-refractivity contribution is 0.479. The van der Waals surface area contributed by atoms with E-state index in [-0.39, 0.29) is 5.75 Å². The second-order valence-electron chi connectivity index (χ2n) is 4.68. The number of phenolic OH excluding ortho intramolecular Hbond substituents is 1. The first-order chi connectivity index (χ1) is 9.94. The summed E-state index contributed by atoms with van der Waals surface area (Å²) in [6.45, 7) is 0. The van der Waals surface area contributed by atoms with Gasteiger partial charge in [-0.25, -0.2) is 13.4 Å². The third-order valence-electron chi connectivity index (χ3n) is 3.00. The van der Waals surface area contributed by atoms with Gasteiger partial charge in [-0.2, -0.15) is 0 Å². The largest absolute Gasteiger partial charge is 0.506 e. The molecule has 0 atom stereocenters. The number of nitrogens with zero attached hydrogens (tertiary/aromatic N) is 2. The number of hydrogen-bond acceptors (Lipinski definition) is 4. The molecule has 0 bridgehead atoms. The zero-order valence-electron chi connectivity index (χ0n) is 11.2. The van der Waals surface area contributed by atoms with E-state index in [1.807, 2.05) is 6.07 Å². The molecule has 0 amide bonds. The van der Waals surface area contributed by atoms with E-state index in [0.717, 1.165) is 11.9 Å². The van der Waals surface area contributed by atoms with Gasteiger partial charge in [0.25, 0.3) is 0 Å². The molecule has 2 aromatic carbocycles. The summed E-state index contributed by atoms with van der Waals surface area (Å²) in [6, 6.07) is 12.0. The molecule has 2 N–H and O–H groups in total. The Bertz CT molecular complexity index is 899. The molecule has 3 rings (SSSR count). The highest BCUT2D eigenvalue weighted by Crippen LogP contribution is 2.26. The van der Waals surface area contributed by atoms with Gasteiger partial charge in [-0.15, -0.1) is 0 Å². The number of aromatic hydroxyl groups is 1. The van der Waals surface area contributed by atoms with Gasteiger partial charge in [-0.3, -0.25) is 9.29 Å². The predicted molar refractivity (Wildman–Crippen MR) is 81.2 cm³/mol. The minimum Gasteiger partial charge on any atom is -0.506 e. The number of fused-ring (bicyclic) bond motifs is 1. The van der Waals surface area contributed by atoms with Gasteiger partial charge in [-0.05, 0) is 36.4 Å². The first-order valence-electron chi connectivity index (χ1n) is 6.17. The fourth-order valence-electron chi connectivity index (χ4n) is 2.15. The zero-order chi connectivity index (χ0) is 15.0. The van der Waals surface area contributed by atoms with E-state index in [1.54, 1.807) is 47.3 Å². The molecule has 3 aromatic rings. The van der Waals surface area contributed by atoms with Crippen LogP contribution in [0.1, 0.15) is 0 Å². The normalized spacial score (nSPS) is 11.7. The highest BCUT2D eigenvalue weighted by molar-refractivity contribution is 7.92. The highest BCUT2D eigenvalue weighted by atomic mass is 32.2. The van der Waals surface area contributed by atoms with E-state index >= 15 is 0 Å². The smallest absolute Gasteiger partial charge is 0.229 e. The van der Waals surface area contributed by atoms with Crippen molar-refractivity contribution in [3.05, 3.63) is 48.8 Å². The molecule has 0 aliphatic carbocycles. The van der Waals surface area contributed by atoms with E-state index in [1.165, 1.54) is 0 Å². The van der Waals surface area contributed by atoms with Crippen LogP contribution in [0.15, 0.2) is 48.8 Å². The molecule has 0 spiro atoms. The Kier molecular flexibility index (Phi) is 3.06. The quantitative estimate of drug-likeness (QED) is 0.776. The molecule has 1 aromatic heterocycles. The van der Waals surface area contributed by atoms with Gasteiger partial charge >= 0.3 is 0 Å². The number of imidazole rings is 1. The summed E-state index contributed by atoms with van der Waals surface area (Å²) >= 11 is 0. The van der Waals surface area contributed by atoms with Crippen molar-refractivity contribution >= 4 is 26.7 Å². The fourth-order valence-corrected chi connectivity index (χ4v) is 2.71. The first kappa shape index (κ1) is 13.4. The number of para-hydroxylation sites is 1. The minimum absolute atomic E-state index is 0.142. The van der Waals surface area contributed by atoms with Crippen LogP contribution < -0.4 is 4.72 Å². The number of nitrogens with one attached hydrogen (secondary N) is 1. The van der Waals surface area contributed by atoms with Gasteiger partial charge < -0.3 is 5.11 Å². The first-order valence-corrected chi connectivity index (χ1v) is 8.06. The molecule has 21 heavy (non-hydrogen) atoms. The number of rotatable bonds is 3. The van der Waals surface area contributed by atoms with Gasteiger partial charge in [0.2, 0.25) is 10.0 Å². The Labute approximate surface area is 121 Å². The lowest BCUT2D eigenvalue weighted by atomic mass is 10.2. The van der Waals surface area contributed by atoms with E-state index in [0.29, 0.717) is 16.7 Å². The number of anilines is 1. The van der Waals surface area contributed by atoms with Crippen molar-refractivity contribution in [3.63, 3.8) is 0 Å². The van der Waals surface area contributed by atoms with Crippen molar-refractivity contribution in [1.29, 1.82) is 0 Å². The Morgan fingerprint density at radius 1 is 1.14 bits per heavy atom. The number of phenols is 1. The van der Waals surface area contributed by atoms with Gasteiger partial charge in [0, 0.05) is 11.4 Å². The van der Waals surface area contributed by atoms with Crippen LogP contribution >= 0.6 is 0 Å². The molecule has 108 valence electrons. The Balaban J connectivity index is 2.04. The molecule has 0 unspecified atom stereocenters. The molecular weight excluding hydrogens is 290 g/mol. The van der Waals surface area contributed by atoms with Crippen molar-refractivity contribution < 1.29 is 13.5 Å². The van der Waals surface area contributed by atoms with Crippen LogP contribution in [0.5, 0.6) is 5.75 Å². The van der Waals surface area contributed by atoms with Crippen LogP contribution in [0.3, 0.4) is 0 Å². The SMILES string of the molecule is CS(=O)(=O)Nc1ccc(-n2cnc3cccc(O)c32)cc1. The van der Waals surface area contributed by atoms with E-state index in [2.05, 4.69) is 9.71 Å². The molecular formula is C14H13N3O3S. The van der Waals surface area contributed by atoms with Crippen LogP contribution in [0, 0.1) is 0 Å². The average molecular weight is 303 g/mol. The van der Waals surface area contributed by atoms with Crippen molar-refractivity contribution in [2.24, 2.45) is 0 Å². The minimum atomic E-state index is -3.29. The second-order valence-corrected chi connectivity index (χ2v) is 6.43. The molecule has 0 aliphatic rings. The van der Waals surface area contributed by atoms with Gasteiger partial charge in [0.1, 0.15) is 17.6 Å². The van der Waals surface area contributed by atoms with Crippen molar-refractivity contribution in [2.45, 2.75) is 0 Å². The number of hydrogen-bond donors (Lipinski definition) is 2. The summed E-state index contributed by atoms with van der Waals surface area (Å²) in [5, 5.41) is 9.96. The predicted octanol–water partition coefficient (Wildman–Crippen LogP) is 2.10. The Morgan fingerprint density at radius 2 is 1.86 bits per heavy atom. The molecule has 0 saturated carbocycles. The van der Waals surface area contributed by atoms with Crippen molar-refractivity contribution in [1.82, 2.24) is 9.55 Å². The maximum atomic E-state index is 11.2. The summed E-state index contributed by atoms with van der Waals surface area (Å²) in [5.41, 5.74) is 2.56. The van der Waals surface area contributed by atoms with E-state index in [4.69, 9.17) is 0 Å². The number of aromatic nitrogens is 2. The van der Waals surface area contributed by atoms with E-state index < -0.39 is 10.0 Å². The van der Waals surface area contributed by atoms with Gasteiger partial charge in [0.15, 0.2) is 0 Å². The number of benzene rings is 2. The van der Waals surface area contributed by atoms with Crippen LogP contribution in [0.2, 0.25) is 0 Å². The van der Waals surface area contributed by atoms with E-state index in [9.17, 15) is 13.5 Å². The Hall–Kier alpha value is -2.54. The maximum absolute atomic E-state index is 11.2. The Morgan fingerprint density at radius 3 is 2.52 bits per heavy atom. The summed E-state index contributed by atoms with van der Waals surface area (Å²) in [7, 11) is -3.29. The lowest BCUT2D eigenvalue weighted by Crippen LogP contribution is -2.09. The molecule has 7 heteroatoms. The summed E-state index contributed by atoms with van der Waals surface area (Å²) in [4.78, 5) is 4.23. The molecule has 1 heterocycles. The van der Waals surface area contributed by atoms with Crippen molar-refractivity contribution in [3.8, 4) is 11.4 Å². The highest BCUT2D eigenvalue weighted by Gasteiger charge is 2.09. The van der Waals surface area contributed by atoms with Gasteiger partial charge in [0.05, 0.1) is 11.8 Å². The van der Waals surface area contributed by atoms with Crippen LogP contribution in [-0.2, 0) is 10.0 Å². The summed E-state index contributed by atoms with van der Waals surface area (Å²) in [6.07, 6.45) is 2.71. The molecule has 0 radical (unpaired) electrons. The fraction of sp³-hybridized carbons (Fsp3) is 0.0714. The van der Waals surface area contributed by atoms with Crippen LogP contribution in [0.4, 0.5) is 5.69 Å².